The summed E-state index contributed by atoms with van der Waals surface area (Å²) in [7, 11) is 1.63. The Morgan fingerprint density at radius 2 is 1.83 bits per heavy atom. The highest BCUT2D eigenvalue weighted by Gasteiger charge is 2.28. The second-order valence-corrected chi connectivity index (χ2v) is 9.58. The minimum absolute atomic E-state index is 0.185. The van der Waals surface area contributed by atoms with Crippen molar-refractivity contribution in [3.05, 3.63) is 107 Å². The van der Waals surface area contributed by atoms with E-state index in [1.165, 1.54) is 0 Å². The van der Waals surface area contributed by atoms with Gasteiger partial charge in [-0.3, -0.25) is 14.6 Å². The van der Waals surface area contributed by atoms with Gasteiger partial charge in [0.2, 0.25) is 0 Å². The number of hydrogen-bond acceptors (Lipinski definition) is 5. The molecule has 1 aromatic heterocycles. The van der Waals surface area contributed by atoms with Gasteiger partial charge in [0.05, 0.1) is 12.6 Å². The van der Waals surface area contributed by atoms with Crippen molar-refractivity contribution in [2.45, 2.75) is 25.8 Å². The Bertz CT molecular complexity index is 1520. The molecule has 0 aliphatic carbocycles. The van der Waals surface area contributed by atoms with Gasteiger partial charge in [-0.05, 0) is 74.4 Å². The number of ether oxygens (including phenoxy) is 1. The minimum atomic E-state index is -0.285. The molecule has 4 aromatic rings. The van der Waals surface area contributed by atoms with Gasteiger partial charge in [0.25, 0.3) is 5.91 Å². The highest BCUT2D eigenvalue weighted by molar-refractivity contribution is 6.11. The predicted molar refractivity (Wildman–Crippen MR) is 142 cm³/mol. The summed E-state index contributed by atoms with van der Waals surface area (Å²) < 4.78 is 5.40. The molecule has 3 aromatic carbocycles. The highest BCUT2D eigenvalue weighted by Crippen LogP contribution is 2.32. The van der Waals surface area contributed by atoms with Crippen LogP contribution in [0.4, 0.5) is 5.69 Å². The largest absolute Gasteiger partial charge is 0.497 e. The number of allylic oxidation sites excluding steroid dienone is 1. The fourth-order valence-electron chi connectivity index (χ4n) is 4.54. The molecule has 0 unspecified atom stereocenters. The third-order valence-corrected chi connectivity index (χ3v) is 6.26. The molecule has 0 atom stereocenters. The molecule has 6 heteroatoms. The molecule has 1 amide bonds. The lowest BCUT2D eigenvalue weighted by molar-refractivity contribution is 0.102. The van der Waals surface area contributed by atoms with Crippen LogP contribution in [0.3, 0.4) is 0 Å². The van der Waals surface area contributed by atoms with Crippen molar-refractivity contribution in [3.8, 4) is 5.75 Å². The van der Waals surface area contributed by atoms with Crippen LogP contribution in [0.1, 0.15) is 45.7 Å². The maximum absolute atomic E-state index is 13.3. The SMILES string of the molecule is COc1ccc2c(c1)C(=CC(=O)c1cccc(C(=O)Nc3ccc4ncccc4c3)c1)NC(C)(C)C2. The number of benzene rings is 3. The van der Waals surface area contributed by atoms with E-state index in [2.05, 4.69) is 29.5 Å². The van der Waals surface area contributed by atoms with Gasteiger partial charge in [-0.2, -0.15) is 0 Å². The quantitative estimate of drug-likeness (QED) is 0.287. The Morgan fingerprint density at radius 3 is 2.67 bits per heavy atom. The van der Waals surface area contributed by atoms with Crippen molar-refractivity contribution in [1.29, 1.82) is 0 Å². The summed E-state index contributed by atoms with van der Waals surface area (Å²) in [5.74, 6) is 0.264. The third kappa shape index (κ3) is 4.84. The van der Waals surface area contributed by atoms with Crippen molar-refractivity contribution in [1.82, 2.24) is 10.3 Å². The first kappa shape index (κ1) is 23.3. The number of fused-ring (bicyclic) bond motifs is 2. The highest BCUT2D eigenvalue weighted by atomic mass is 16.5. The van der Waals surface area contributed by atoms with Crippen molar-refractivity contribution in [3.63, 3.8) is 0 Å². The fourth-order valence-corrected chi connectivity index (χ4v) is 4.54. The van der Waals surface area contributed by atoms with Gasteiger partial charge < -0.3 is 15.4 Å². The Hall–Kier alpha value is -4.45. The van der Waals surface area contributed by atoms with E-state index in [-0.39, 0.29) is 17.2 Å². The molecule has 1 aliphatic rings. The van der Waals surface area contributed by atoms with E-state index < -0.39 is 0 Å². The molecule has 0 fully saturated rings. The lowest BCUT2D eigenvalue weighted by Crippen LogP contribution is -2.43. The summed E-state index contributed by atoms with van der Waals surface area (Å²) in [5.41, 5.74) is 5.00. The number of carbonyl (C=O) groups excluding carboxylic acids is 2. The van der Waals surface area contributed by atoms with E-state index in [9.17, 15) is 9.59 Å². The molecule has 2 N–H and O–H groups in total. The smallest absolute Gasteiger partial charge is 0.255 e. The standard InChI is InChI=1S/C30H27N3O3/c1-30(2)18-22-9-11-24(36-3)16-25(22)27(33-30)17-28(34)20-6-4-7-21(14-20)29(35)32-23-10-12-26-19(15-23)8-5-13-31-26/h4-17,33H,18H2,1-3H3,(H,32,35). The van der Waals surface area contributed by atoms with Gasteiger partial charge >= 0.3 is 0 Å². The van der Waals surface area contributed by atoms with Crippen LogP contribution in [-0.4, -0.2) is 29.3 Å². The Labute approximate surface area is 210 Å². The number of nitrogens with zero attached hydrogens (tertiary/aromatic N) is 1. The molecule has 5 rings (SSSR count). The molecule has 0 saturated carbocycles. The van der Waals surface area contributed by atoms with Crippen LogP contribution in [0.25, 0.3) is 16.6 Å². The summed E-state index contributed by atoms with van der Waals surface area (Å²) >= 11 is 0. The van der Waals surface area contributed by atoms with Crippen LogP contribution in [-0.2, 0) is 6.42 Å². The monoisotopic (exact) mass is 477 g/mol. The lowest BCUT2D eigenvalue weighted by atomic mass is 9.85. The first-order valence-corrected chi connectivity index (χ1v) is 11.8. The number of rotatable bonds is 5. The minimum Gasteiger partial charge on any atom is -0.497 e. The average molecular weight is 478 g/mol. The van der Waals surface area contributed by atoms with Crippen LogP contribution in [0.15, 0.2) is 85.1 Å². The normalized spacial score (nSPS) is 15.1. The number of hydrogen-bond donors (Lipinski definition) is 2. The summed E-state index contributed by atoms with van der Waals surface area (Å²) in [6.45, 7) is 4.21. The van der Waals surface area contributed by atoms with Crippen molar-refractivity contribution < 1.29 is 14.3 Å². The van der Waals surface area contributed by atoms with Gasteiger partial charge in [0.1, 0.15) is 5.75 Å². The number of pyridine rings is 1. The van der Waals surface area contributed by atoms with Crippen molar-refractivity contribution in [2.24, 2.45) is 0 Å². The molecule has 0 saturated heterocycles. The zero-order valence-corrected chi connectivity index (χ0v) is 20.5. The number of methoxy groups -OCH3 is 1. The van der Waals surface area contributed by atoms with Crippen LogP contribution >= 0.6 is 0 Å². The number of nitrogens with one attached hydrogen (secondary N) is 2. The van der Waals surface area contributed by atoms with Crippen LogP contribution in [0, 0.1) is 0 Å². The molecule has 36 heavy (non-hydrogen) atoms. The number of ketones is 1. The molecule has 0 bridgehead atoms. The van der Waals surface area contributed by atoms with Gasteiger partial charge in [0, 0.05) is 51.3 Å². The van der Waals surface area contributed by atoms with E-state index >= 15 is 0 Å². The van der Waals surface area contributed by atoms with Crippen LogP contribution < -0.4 is 15.4 Å². The Kier molecular flexibility index (Phi) is 6.02. The summed E-state index contributed by atoms with van der Waals surface area (Å²) in [6, 6.07) is 22.0. The molecular weight excluding hydrogens is 450 g/mol. The maximum Gasteiger partial charge on any atom is 0.255 e. The maximum atomic E-state index is 13.3. The van der Waals surface area contributed by atoms with Gasteiger partial charge in [-0.15, -0.1) is 0 Å². The van der Waals surface area contributed by atoms with Gasteiger partial charge in [-0.25, -0.2) is 0 Å². The van der Waals surface area contributed by atoms with Crippen LogP contribution in [0.2, 0.25) is 0 Å². The van der Waals surface area contributed by atoms with Crippen molar-refractivity contribution in [2.75, 3.05) is 12.4 Å². The van der Waals surface area contributed by atoms with Crippen molar-refractivity contribution >= 4 is 34.0 Å². The zero-order chi connectivity index (χ0) is 25.3. The molecule has 2 heterocycles. The van der Waals surface area contributed by atoms with E-state index in [0.29, 0.717) is 16.8 Å². The van der Waals surface area contributed by atoms with E-state index in [1.54, 1.807) is 43.6 Å². The molecular formula is C30H27N3O3. The average Bonchev–Trinajstić information content (AvgIpc) is 2.88. The third-order valence-electron chi connectivity index (χ3n) is 6.26. The van der Waals surface area contributed by atoms with E-state index in [1.807, 2.05) is 48.5 Å². The Balaban J connectivity index is 1.41. The number of amides is 1. The molecule has 0 spiro atoms. The van der Waals surface area contributed by atoms with Crippen LogP contribution in [0.5, 0.6) is 5.75 Å². The predicted octanol–water partition coefficient (Wildman–Crippen LogP) is 5.64. The Morgan fingerprint density at radius 1 is 1.00 bits per heavy atom. The van der Waals surface area contributed by atoms with E-state index in [0.717, 1.165) is 39.9 Å². The fraction of sp³-hybridized carbons (Fsp3) is 0.167. The topological polar surface area (TPSA) is 80.3 Å². The number of carbonyl (C=O) groups is 2. The molecule has 180 valence electrons. The number of anilines is 1. The summed E-state index contributed by atoms with van der Waals surface area (Å²) in [5, 5.41) is 7.34. The second-order valence-electron chi connectivity index (χ2n) is 9.58. The van der Waals surface area contributed by atoms with Gasteiger partial charge in [-0.1, -0.05) is 24.3 Å². The zero-order valence-electron chi connectivity index (χ0n) is 20.5. The molecule has 0 radical (unpaired) electrons. The number of aromatic nitrogens is 1. The molecule has 6 nitrogen and oxygen atoms in total. The first-order chi connectivity index (χ1) is 17.3. The van der Waals surface area contributed by atoms with Gasteiger partial charge in [0.15, 0.2) is 5.78 Å². The first-order valence-electron chi connectivity index (χ1n) is 11.8. The second kappa shape index (κ2) is 9.30. The lowest BCUT2D eigenvalue weighted by Gasteiger charge is -2.35. The summed E-state index contributed by atoms with van der Waals surface area (Å²) in [4.78, 5) is 30.5. The van der Waals surface area contributed by atoms with E-state index in [4.69, 9.17) is 4.74 Å². The molecule has 1 aliphatic heterocycles. The summed E-state index contributed by atoms with van der Waals surface area (Å²) in [6.07, 6.45) is 4.17.